The van der Waals surface area contributed by atoms with E-state index in [1.165, 1.54) is 28.8 Å². The molecule has 41 heavy (non-hydrogen) atoms. The molecule has 1 saturated heterocycles. The first-order valence-electron chi connectivity index (χ1n) is 12.5. The highest BCUT2D eigenvalue weighted by Crippen LogP contribution is 2.53. The number of carbonyl (C=O) groups excluding carboxylic acids is 3. The standard InChI is InChI=1S/C28H21N5O6S2/c1-15-5-2-3-7-19(15)30-20(34)14-31-27-24(41-28(31)37)21(16-6-4-12-29-13-16)22-23(40-27)26(36)32(25(22)35)17-8-10-18(11-9-17)33(38)39/h2-13,21-23H,14H2,1H3,(H,30,34)/t21-,22-,23+/m0/s1. The van der Waals surface area contributed by atoms with E-state index in [4.69, 9.17) is 0 Å². The van der Waals surface area contributed by atoms with Crippen molar-refractivity contribution in [3.05, 3.63) is 109 Å². The van der Waals surface area contributed by atoms with Crippen molar-refractivity contribution >= 4 is 57.9 Å². The van der Waals surface area contributed by atoms with Crippen molar-refractivity contribution in [1.29, 1.82) is 0 Å². The van der Waals surface area contributed by atoms with Crippen molar-refractivity contribution in [2.75, 3.05) is 10.2 Å². The minimum absolute atomic E-state index is 0.164. The molecule has 13 heteroatoms. The highest BCUT2D eigenvalue weighted by Gasteiger charge is 2.57. The molecule has 0 radical (unpaired) electrons. The molecule has 3 atom stereocenters. The van der Waals surface area contributed by atoms with Crippen LogP contribution in [0.3, 0.4) is 0 Å². The van der Waals surface area contributed by atoms with Crippen LogP contribution < -0.4 is 15.1 Å². The normalized spacial score (nSPS) is 19.5. The number of hydrogen-bond donors (Lipinski definition) is 1. The molecule has 1 N–H and O–H groups in total. The van der Waals surface area contributed by atoms with Crippen LogP contribution in [0.5, 0.6) is 0 Å². The fourth-order valence-electron chi connectivity index (χ4n) is 5.20. The maximum atomic E-state index is 13.9. The Labute approximate surface area is 241 Å². The summed E-state index contributed by atoms with van der Waals surface area (Å²) in [5.41, 5.74) is 2.22. The molecular formula is C28H21N5O6S2. The van der Waals surface area contributed by atoms with Gasteiger partial charge in [0, 0.05) is 41.0 Å². The van der Waals surface area contributed by atoms with E-state index < -0.39 is 39.7 Å². The summed E-state index contributed by atoms with van der Waals surface area (Å²) < 4.78 is 1.35. The molecule has 2 aliphatic heterocycles. The number of amides is 3. The first-order valence-corrected chi connectivity index (χ1v) is 14.2. The third kappa shape index (κ3) is 4.62. The number of aryl methyl sites for hydroxylation is 1. The van der Waals surface area contributed by atoms with Crippen LogP contribution in [0.15, 0.2) is 82.9 Å². The Hall–Kier alpha value is -4.62. The van der Waals surface area contributed by atoms with E-state index in [-0.39, 0.29) is 22.8 Å². The quantitative estimate of drug-likeness (QED) is 0.203. The van der Waals surface area contributed by atoms with Gasteiger partial charge in [0.05, 0.1) is 21.6 Å². The van der Waals surface area contributed by atoms with Crippen LogP contribution in [0.25, 0.3) is 0 Å². The third-order valence-corrected chi connectivity index (χ3v) is 9.74. The van der Waals surface area contributed by atoms with E-state index in [0.717, 1.165) is 33.6 Å². The van der Waals surface area contributed by atoms with Crippen LogP contribution in [-0.4, -0.2) is 37.4 Å². The minimum Gasteiger partial charge on any atom is -0.324 e. The minimum atomic E-state index is -0.880. The number of carbonyl (C=O) groups is 3. The van der Waals surface area contributed by atoms with Crippen molar-refractivity contribution in [3.63, 3.8) is 0 Å². The molecule has 3 amide bonds. The van der Waals surface area contributed by atoms with E-state index in [1.54, 1.807) is 36.7 Å². The third-order valence-electron chi connectivity index (χ3n) is 7.13. The molecule has 1 fully saturated rings. The molecule has 0 saturated carbocycles. The van der Waals surface area contributed by atoms with Crippen molar-refractivity contribution < 1.29 is 19.3 Å². The number of para-hydroxylation sites is 1. The molecular weight excluding hydrogens is 566 g/mol. The average molecular weight is 588 g/mol. The highest BCUT2D eigenvalue weighted by molar-refractivity contribution is 8.00. The van der Waals surface area contributed by atoms with E-state index in [2.05, 4.69) is 10.3 Å². The number of benzene rings is 2. The number of aromatic nitrogens is 2. The van der Waals surface area contributed by atoms with Crippen LogP contribution in [0.4, 0.5) is 17.1 Å². The first kappa shape index (κ1) is 26.6. The zero-order valence-electron chi connectivity index (χ0n) is 21.4. The lowest BCUT2D eigenvalue weighted by Gasteiger charge is -2.30. The number of nitrogens with one attached hydrogen (secondary N) is 1. The Morgan fingerprint density at radius 2 is 1.80 bits per heavy atom. The highest BCUT2D eigenvalue weighted by atomic mass is 32.2. The zero-order valence-corrected chi connectivity index (χ0v) is 23.1. The number of nitro groups is 1. The molecule has 4 heterocycles. The number of pyridine rings is 1. The van der Waals surface area contributed by atoms with Crippen LogP contribution >= 0.6 is 23.1 Å². The molecule has 206 valence electrons. The molecule has 0 spiro atoms. The molecule has 4 aromatic rings. The summed E-state index contributed by atoms with van der Waals surface area (Å²) >= 11 is 2.04. The summed E-state index contributed by atoms with van der Waals surface area (Å²) in [5, 5.41) is 13.5. The van der Waals surface area contributed by atoms with Gasteiger partial charge >= 0.3 is 4.87 Å². The number of nitrogens with zero attached hydrogens (tertiary/aromatic N) is 4. The van der Waals surface area contributed by atoms with Crippen LogP contribution in [0.2, 0.25) is 0 Å². The smallest absolute Gasteiger partial charge is 0.308 e. The SMILES string of the molecule is Cc1ccccc1NC(=O)Cn1c2c(sc1=O)[C@@H](c1cccnc1)[C@@H]1C(=O)N(c3ccc([N+](=O)[O-])cc3)C(=O)[C@@H]1S2. The van der Waals surface area contributed by atoms with Gasteiger partial charge in [-0.15, -0.1) is 0 Å². The van der Waals surface area contributed by atoms with Gasteiger partial charge in [0.2, 0.25) is 17.7 Å². The topological polar surface area (TPSA) is 145 Å². The molecule has 2 aromatic heterocycles. The summed E-state index contributed by atoms with van der Waals surface area (Å²) in [6.07, 6.45) is 3.20. The Bertz CT molecular complexity index is 1770. The predicted molar refractivity (Wildman–Crippen MR) is 153 cm³/mol. The molecule has 6 rings (SSSR count). The molecule has 2 aliphatic rings. The summed E-state index contributed by atoms with van der Waals surface area (Å²) in [5.74, 6) is -2.85. The Balaban J connectivity index is 1.39. The summed E-state index contributed by atoms with van der Waals surface area (Å²) in [4.78, 5) is 69.9. The van der Waals surface area contributed by atoms with Gasteiger partial charge in [-0.1, -0.05) is 47.4 Å². The monoisotopic (exact) mass is 587 g/mol. The maximum Gasteiger partial charge on any atom is 0.308 e. The van der Waals surface area contributed by atoms with E-state index >= 15 is 0 Å². The van der Waals surface area contributed by atoms with Crippen molar-refractivity contribution in [2.24, 2.45) is 5.92 Å². The van der Waals surface area contributed by atoms with Gasteiger partial charge in [0.25, 0.3) is 5.69 Å². The van der Waals surface area contributed by atoms with Gasteiger partial charge in [-0.25, -0.2) is 4.90 Å². The number of rotatable bonds is 6. The summed E-state index contributed by atoms with van der Waals surface area (Å²) in [6.45, 7) is 1.60. The van der Waals surface area contributed by atoms with E-state index in [0.29, 0.717) is 21.2 Å². The van der Waals surface area contributed by atoms with Gasteiger partial charge in [-0.3, -0.25) is 38.8 Å². The fourth-order valence-corrected chi connectivity index (χ4v) is 7.97. The number of thioether (sulfide) groups is 1. The molecule has 0 bridgehead atoms. The lowest BCUT2D eigenvalue weighted by Crippen LogP contribution is -2.33. The van der Waals surface area contributed by atoms with Crippen LogP contribution in [0, 0.1) is 23.0 Å². The number of fused-ring (bicyclic) bond motifs is 2. The molecule has 0 aliphatic carbocycles. The van der Waals surface area contributed by atoms with Gasteiger partial charge < -0.3 is 5.32 Å². The number of non-ortho nitro benzene ring substituents is 1. The fraction of sp³-hybridized carbons (Fsp3) is 0.179. The van der Waals surface area contributed by atoms with Crippen LogP contribution in [-0.2, 0) is 20.9 Å². The first-order chi connectivity index (χ1) is 19.7. The summed E-state index contributed by atoms with van der Waals surface area (Å²) in [6, 6.07) is 16.0. The van der Waals surface area contributed by atoms with Gasteiger partial charge in [-0.2, -0.15) is 0 Å². The Morgan fingerprint density at radius 1 is 1.05 bits per heavy atom. The Morgan fingerprint density at radius 3 is 2.49 bits per heavy atom. The van der Waals surface area contributed by atoms with Gasteiger partial charge in [0.15, 0.2) is 0 Å². The lowest BCUT2D eigenvalue weighted by molar-refractivity contribution is -0.384. The summed E-state index contributed by atoms with van der Waals surface area (Å²) in [7, 11) is 0. The van der Waals surface area contributed by atoms with Crippen LogP contribution in [0.1, 0.15) is 21.9 Å². The maximum absolute atomic E-state index is 13.9. The number of nitro benzene ring substituents is 1. The van der Waals surface area contributed by atoms with Crippen molar-refractivity contribution in [1.82, 2.24) is 9.55 Å². The van der Waals surface area contributed by atoms with E-state index in [1.807, 2.05) is 19.1 Å². The molecule has 11 nitrogen and oxygen atoms in total. The number of anilines is 2. The number of imide groups is 1. The zero-order chi connectivity index (χ0) is 28.8. The average Bonchev–Trinajstić information content (AvgIpc) is 3.41. The second-order valence-electron chi connectivity index (χ2n) is 9.60. The second kappa shape index (κ2) is 10.4. The largest absolute Gasteiger partial charge is 0.324 e. The Kier molecular flexibility index (Phi) is 6.75. The molecule has 0 unspecified atom stereocenters. The lowest BCUT2D eigenvalue weighted by atomic mass is 9.84. The van der Waals surface area contributed by atoms with Gasteiger partial charge in [-0.05, 0) is 42.3 Å². The second-order valence-corrected chi connectivity index (χ2v) is 11.7. The number of hydrogen-bond acceptors (Lipinski definition) is 9. The van der Waals surface area contributed by atoms with E-state index in [9.17, 15) is 29.3 Å². The van der Waals surface area contributed by atoms with Crippen molar-refractivity contribution in [2.45, 2.75) is 29.7 Å². The molecule has 2 aromatic carbocycles. The number of thiazole rings is 1. The predicted octanol–water partition coefficient (Wildman–Crippen LogP) is 3.96. The van der Waals surface area contributed by atoms with Crippen molar-refractivity contribution in [3.8, 4) is 0 Å². The van der Waals surface area contributed by atoms with Gasteiger partial charge in [0.1, 0.15) is 11.8 Å².